The lowest BCUT2D eigenvalue weighted by atomic mass is 10.1. The highest BCUT2D eigenvalue weighted by molar-refractivity contribution is 7.22. The second kappa shape index (κ2) is 8.31. The van der Waals surface area contributed by atoms with E-state index in [-0.39, 0.29) is 36.0 Å². The number of nitrogens with one attached hydrogen (secondary N) is 1. The van der Waals surface area contributed by atoms with E-state index in [0.717, 1.165) is 9.88 Å². The second-order valence-electron chi connectivity index (χ2n) is 5.19. The monoisotopic (exact) mass is 407 g/mol. The minimum atomic E-state index is -0.678. The maximum atomic E-state index is 12.4. The van der Waals surface area contributed by atoms with Crippen molar-refractivity contribution in [2.75, 3.05) is 18.5 Å². The Morgan fingerprint density at radius 3 is 2.48 bits per heavy atom. The lowest BCUT2D eigenvalue weighted by Crippen LogP contribution is -2.14. The zero-order valence-electron chi connectivity index (χ0n) is 14.9. The molecule has 0 radical (unpaired) electrons. The minimum absolute atomic E-state index is 0.0133. The summed E-state index contributed by atoms with van der Waals surface area (Å²) >= 11 is 2.85. The van der Waals surface area contributed by atoms with Gasteiger partial charge in [-0.1, -0.05) is 17.4 Å². The molecule has 0 aliphatic heterocycles. The Labute approximate surface area is 163 Å². The summed E-state index contributed by atoms with van der Waals surface area (Å²) < 4.78 is 15.7. The van der Waals surface area contributed by atoms with Gasteiger partial charge in [0.25, 0.3) is 0 Å². The van der Waals surface area contributed by atoms with Crippen LogP contribution in [0.5, 0.6) is 0 Å². The molecule has 0 unspecified atom stereocenters. The summed E-state index contributed by atoms with van der Waals surface area (Å²) in [5.41, 5.74) is 0.0291. The van der Waals surface area contributed by atoms with E-state index in [1.54, 1.807) is 32.1 Å². The number of aryl methyl sites for hydroxylation is 1. The van der Waals surface area contributed by atoms with E-state index in [9.17, 15) is 9.59 Å². The number of thiophene rings is 1. The third-order valence-electron chi connectivity index (χ3n) is 3.42. The maximum absolute atomic E-state index is 12.4. The second-order valence-corrected chi connectivity index (χ2v) is 7.12. The van der Waals surface area contributed by atoms with Crippen LogP contribution in [-0.2, 0) is 9.47 Å². The van der Waals surface area contributed by atoms with E-state index in [4.69, 9.17) is 13.9 Å². The molecule has 0 saturated heterocycles. The van der Waals surface area contributed by atoms with Crippen molar-refractivity contribution in [2.24, 2.45) is 0 Å². The predicted octanol–water partition coefficient (Wildman–Crippen LogP) is 4.27. The number of hydrogen-bond donors (Lipinski definition) is 1. The molecular weight excluding hydrogens is 390 g/mol. The Kier molecular flexibility index (Phi) is 5.87. The molecule has 27 heavy (non-hydrogen) atoms. The maximum Gasteiger partial charge on any atom is 0.344 e. The van der Waals surface area contributed by atoms with Gasteiger partial charge >= 0.3 is 11.9 Å². The van der Waals surface area contributed by atoms with Gasteiger partial charge in [0.05, 0.1) is 18.1 Å². The molecule has 0 aromatic carbocycles. The third kappa shape index (κ3) is 4.01. The summed E-state index contributed by atoms with van der Waals surface area (Å²) in [6.45, 7) is 5.28. The first kappa shape index (κ1) is 19.1. The Morgan fingerprint density at radius 1 is 1.15 bits per heavy atom. The fourth-order valence-corrected chi connectivity index (χ4v) is 3.88. The average molecular weight is 407 g/mol. The zero-order chi connectivity index (χ0) is 19.4. The number of aromatic nitrogens is 2. The van der Waals surface area contributed by atoms with Crippen molar-refractivity contribution in [1.82, 2.24) is 10.2 Å². The van der Waals surface area contributed by atoms with Gasteiger partial charge in [-0.25, -0.2) is 9.59 Å². The number of nitrogens with zero attached hydrogens (tertiary/aromatic N) is 2. The van der Waals surface area contributed by atoms with Crippen molar-refractivity contribution in [2.45, 2.75) is 20.8 Å². The number of furan rings is 1. The van der Waals surface area contributed by atoms with Crippen molar-refractivity contribution in [3.63, 3.8) is 0 Å². The first-order valence-electron chi connectivity index (χ1n) is 8.17. The molecule has 3 rings (SSSR count). The quantitative estimate of drug-likeness (QED) is 0.579. The number of rotatable bonds is 7. The lowest BCUT2D eigenvalue weighted by Gasteiger charge is -2.05. The molecule has 0 amide bonds. The van der Waals surface area contributed by atoms with Gasteiger partial charge in [0.1, 0.15) is 16.9 Å². The molecule has 3 aromatic heterocycles. The van der Waals surface area contributed by atoms with Gasteiger partial charge in [-0.15, -0.1) is 21.5 Å². The summed E-state index contributed by atoms with van der Waals surface area (Å²) in [7, 11) is 0. The van der Waals surface area contributed by atoms with Crippen molar-refractivity contribution >= 4 is 45.6 Å². The van der Waals surface area contributed by atoms with Crippen molar-refractivity contribution in [3.05, 3.63) is 34.4 Å². The standard InChI is InChI=1S/C17H17N3O5S2/c1-4-23-15(21)11-9(3)25-13(12(11)16(22)24-5-2)18-17-20-19-14(27-17)10-7-6-8-26-10/h6-8H,4-5H2,1-3H3,(H,18,20). The molecule has 0 bridgehead atoms. The number of esters is 2. The molecule has 3 heterocycles. The smallest absolute Gasteiger partial charge is 0.344 e. The molecule has 0 atom stereocenters. The Bertz CT molecular complexity index is 946. The Hall–Kier alpha value is -2.72. The van der Waals surface area contributed by atoms with Gasteiger partial charge in [0, 0.05) is 0 Å². The van der Waals surface area contributed by atoms with Crippen LogP contribution in [-0.4, -0.2) is 35.3 Å². The Morgan fingerprint density at radius 2 is 1.85 bits per heavy atom. The van der Waals surface area contributed by atoms with E-state index in [0.29, 0.717) is 5.13 Å². The average Bonchev–Trinajstić information content (AvgIpc) is 3.35. The Balaban J connectivity index is 1.96. The molecule has 0 aliphatic rings. The van der Waals surface area contributed by atoms with Gasteiger partial charge in [0.15, 0.2) is 5.01 Å². The van der Waals surface area contributed by atoms with Gasteiger partial charge in [0.2, 0.25) is 11.0 Å². The molecule has 142 valence electrons. The first-order chi connectivity index (χ1) is 13.0. The summed E-state index contributed by atoms with van der Waals surface area (Å²) in [5.74, 6) is -1.00. The number of hydrogen-bond acceptors (Lipinski definition) is 10. The molecule has 0 saturated carbocycles. The van der Waals surface area contributed by atoms with Crippen LogP contribution >= 0.6 is 22.7 Å². The van der Waals surface area contributed by atoms with Crippen LogP contribution in [0.15, 0.2) is 21.9 Å². The number of carbonyl (C=O) groups is 2. The zero-order valence-corrected chi connectivity index (χ0v) is 16.5. The number of carbonyl (C=O) groups excluding carboxylic acids is 2. The molecule has 8 nitrogen and oxygen atoms in total. The van der Waals surface area contributed by atoms with E-state index in [2.05, 4.69) is 15.5 Å². The molecule has 0 aliphatic carbocycles. The lowest BCUT2D eigenvalue weighted by molar-refractivity contribution is 0.0480. The highest BCUT2D eigenvalue weighted by atomic mass is 32.1. The largest absolute Gasteiger partial charge is 0.462 e. The molecular formula is C17H17N3O5S2. The topological polar surface area (TPSA) is 104 Å². The fraction of sp³-hybridized carbons (Fsp3) is 0.294. The summed E-state index contributed by atoms with van der Waals surface area (Å²) in [6, 6.07) is 3.86. The predicted molar refractivity (Wildman–Crippen MR) is 102 cm³/mol. The summed E-state index contributed by atoms with van der Waals surface area (Å²) in [6.07, 6.45) is 0. The molecule has 0 fully saturated rings. The fourth-order valence-electron chi connectivity index (χ4n) is 2.35. The van der Waals surface area contributed by atoms with Crippen LogP contribution in [0.4, 0.5) is 11.0 Å². The van der Waals surface area contributed by atoms with E-state index in [1.165, 1.54) is 11.3 Å². The molecule has 0 spiro atoms. The third-order valence-corrected chi connectivity index (χ3v) is 5.30. The van der Waals surface area contributed by atoms with Gasteiger partial charge in [-0.2, -0.15) is 0 Å². The first-order valence-corrected chi connectivity index (χ1v) is 9.86. The minimum Gasteiger partial charge on any atom is -0.462 e. The van der Waals surface area contributed by atoms with Gasteiger partial charge in [-0.05, 0) is 32.2 Å². The summed E-state index contributed by atoms with van der Waals surface area (Å²) in [4.78, 5) is 25.7. The van der Waals surface area contributed by atoms with Crippen molar-refractivity contribution in [3.8, 4) is 9.88 Å². The normalized spacial score (nSPS) is 10.6. The van der Waals surface area contributed by atoms with Crippen LogP contribution in [0.3, 0.4) is 0 Å². The molecule has 1 N–H and O–H groups in total. The molecule has 3 aromatic rings. The van der Waals surface area contributed by atoms with Crippen LogP contribution in [0.1, 0.15) is 40.3 Å². The van der Waals surface area contributed by atoms with E-state index < -0.39 is 11.9 Å². The van der Waals surface area contributed by atoms with Crippen LogP contribution < -0.4 is 5.32 Å². The SMILES string of the molecule is CCOC(=O)c1c(C)oc(Nc2nnc(-c3cccs3)s2)c1C(=O)OCC. The van der Waals surface area contributed by atoms with E-state index in [1.807, 2.05) is 17.5 Å². The van der Waals surface area contributed by atoms with Crippen molar-refractivity contribution in [1.29, 1.82) is 0 Å². The van der Waals surface area contributed by atoms with E-state index >= 15 is 0 Å². The van der Waals surface area contributed by atoms with Crippen molar-refractivity contribution < 1.29 is 23.5 Å². The van der Waals surface area contributed by atoms with Crippen LogP contribution in [0.2, 0.25) is 0 Å². The van der Waals surface area contributed by atoms with Gasteiger partial charge < -0.3 is 13.9 Å². The molecule has 10 heteroatoms. The van der Waals surface area contributed by atoms with Crippen LogP contribution in [0, 0.1) is 6.92 Å². The van der Waals surface area contributed by atoms with Gasteiger partial charge in [-0.3, -0.25) is 5.32 Å². The highest BCUT2D eigenvalue weighted by Crippen LogP contribution is 2.34. The summed E-state index contributed by atoms with van der Waals surface area (Å²) in [5, 5.41) is 14.2. The van der Waals surface area contributed by atoms with Crippen LogP contribution in [0.25, 0.3) is 9.88 Å². The number of ether oxygens (including phenoxy) is 2. The number of anilines is 2. The highest BCUT2D eigenvalue weighted by Gasteiger charge is 2.31.